The smallest absolute Gasteiger partial charge is 0.0952 e. The molecule has 0 amide bonds. The molecule has 22 heavy (non-hydrogen) atoms. The summed E-state index contributed by atoms with van der Waals surface area (Å²) in [7, 11) is 0. The summed E-state index contributed by atoms with van der Waals surface area (Å²) in [5.74, 6) is 0.723. The standard InChI is InChI=1S/C19H22N2O/c1-2-14-11-13-8-10-21(14)18(12-13)19(22)16-7-9-20-17-6-4-3-5-15(16)17/h2-7,9,13-14,18-19,22H,1,8,10-12H2/t13?,14?,18-,19+/m0/s1. The van der Waals surface area contributed by atoms with Gasteiger partial charge in [0, 0.05) is 23.7 Å². The van der Waals surface area contributed by atoms with Crippen molar-refractivity contribution in [1.82, 2.24) is 9.88 Å². The van der Waals surface area contributed by atoms with Gasteiger partial charge in [-0.05, 0) is 49.4 Å². The summed E-state index contributed by atoms with van der Waals surface area (Å²) in [4.78, 5) is 6.86. The first-order valence-electron chi connectivity index (χ1n) is 8.18. The Kier molecular flexibility index (Phi) is 3.47. The number of fused-ring (bicyclic) bond motifs is 4. The molecule has 5 rings (SSSR count). The van der Waals surface area contributed by atoms with Crippen LogP contribution in [0.5, 0.6) is 0 Å². The maximum absolute atomic E-state index is 11.1. The molecule has 0 radical (unpaired) electrons. The molecular formula is C19H22N2O. The fraction of sp³-hybridized carbons (Fsp3) is 0.421. The van der Waals surface area contributed by atoms with E-state index in [2.05, 4.69) is 28.6 Å². The van der Waals surface area contributed by atoms with Crippen LogP contribution >= 0.6 is 0 Å². The van der Waals surface area contributed by atoms with Gasteiger partial charge in [0.25, 0.3) is 0 Å². The van der Waals surface area contributed by atoms with Crippen molar-refractivity contribution in [2.24, 2.45) is 5.92 Å². The molecule has 3 heteroatoms. The van der Waals surface area contributed by atoms with Crippen LogP contribution in [0, 0.1) is 5.92 Å². The van der Waals surface area contributed by atoms with Crippen LogP contribution in [0.1, 0.15) is 30.9 Å². The van der Waals surface area contributed by atoms with Crippen molar-refractivity contribution in [3.63, 3.8) is 0 Å². The fourth-order valence-corrected chi connectivity index (χ4v) is 4.32. The molecule has 2 aromatic rings. The van der Waals surface area contributed by atoms with E-state index in [1.807, 2.05) is 30.5 Å². The molecule has 0 spiro atoms. The number of aliphatic hydroxyl groups excluding tert-OH is 1. The molecule has 1 aromatic heterocycles. The average Bonchev–Trinajstić information content (AvgIpc) is 2.60. The highest BCUT2D eigenvalue weighted by molar-refractivity contribution is 5.82. The summed E-state index contributed by atoms with van der Waals surface area (Å²) >= 11 is 0. The summed E-state index contributed by atoms with van der Waals surface area (Å²) in [5, 5.41) is 12.1. The Morgan fingerprint density at radius 3 is 2.95 bits per heavy atom. The Morgan fingerprint density at radius 2 is 2.14 bits per heavy atom. The number of nitrogens with zero attached hydrogens (tertiary/aromatic N) is 2. The van der Waals surface area contributed by atoms with E-state index in [4.69, 9.17) is 0 Å². The Balaban J connectivity index is 1.71. The first-order valence-corrected chi connectivity index (χ1v) is 8.18. The summed E-state index contributed by atoms with van der Waals surface area (Å²) < 4.78 is 0. The van der Waals surface area contributed by atoms with Crippen molar-refractivity contribution in [2.45, 2.75) is 37.5 Å². The van der Waals surface area contributed by atoms with E-state index in [9.17, 15) is 5.11 Å². The van der Waals surface area contributed by atoms with Crippen molar-refractivity contribution in [2.75, 3.05) is 6.54 Å². The molecular weight excluding hydrogens is 272 g/mol. The van der Waals surface area contributed by atoms with E-state index in [1.165, 1.54) is 12.8 Å². The molecule has 1 aromatic carbocycles. The van der Waals surface area contributed by atoms with E-state index < -0.39 is 6.10 Å². The average molecular weight is 294 g/mol. The number of aliphatic hydroxyl groups is 1. The molecule has 3 aliphatic rings. The van der Waals surface area contributed by atoms with E-state index in [0.29, 0.717) is 6.04 Å². The summed E-state index contributed by atoms with van der Waals surface area (Å²) in [6.07, 6.45) is 6.94. The lowest BCUT2D eigenvalue weighted by atomic mass is 9.76. The number of pyridine rings is 1. The SMILES string of the molecule is C=CC1CC2CCN1[C@H]([C@H](O)c1ccnc3ccccc13)C2. The fourth-order valence-electron chi connectivity index (χ4n) is 4.32. The predicted molar refractivity (Wildman–Crippen MR) is 88.5 cm³/mol. The van der Waals surface area contributed by atoms with Crippen molar-refractivity contribution < 1.29 is 5.11 Å². The van der Waals surface area contributed by atoms with Gasteiger partial charge in [-0.3, -0.25) is 9.88 Å². The summed E-state index contributed by atoms with van der Waals surface area (Å²) in [6, 6.07) is 10.7. The Hall–Kier alpha value is -1.71. The Bertz CT molecular complexity index is 693. The molecule has 114 valence electrons. The third-order valence-electron chi connectivity index (χ3n) is 5.44. The second-order valence-corrected chi connectivity index (χ2v) is 6.60. The zero-order chi connectivity index (χ0) is 15.1. The predicted octanol–water partition coefficient (Wildman–Crippen LogP) is 3.31. The zero-order valence-corrected chi connectivity index (χ0v) is 12.7. The molecule has 3 saturated heterocycles. The molecule has 4 heterocycles. The normalized spacial score (nSPS) is 32.0. The highest BCUT2D eigenvalue weighted by atomic mass is 16.3. The van der Waals surface area contributed by atoms with E-state index >= 15 is 0 Å². The van der Waals surface area contributed by atoms with Gasteiger partial charge in [-0.25, -0.2) is 0 Å². The number of hydrogen-bond donors (Lipinski definition) is 1. The maximum atomic E-state index is 11.1. The van der Waals surface area contributed by atoms with Crippen molar-refractivity contribution >= 4 is 10.9 Å². The van der Waals surface area contributed by atoms with Gasteiger partial charge in [-0.1, -0.05) is 24.3 Å². The molecule has 1 N–H and O–H groups in total. The minimum absolute atomic E-state index is 0.196. The van der Waals surface area contributed by atoms with Crippen LogP contribution in [0.25, 0.3) is 10.9 Å². The lowest BCUT2D eigenvalue weighted by Gasteiger charge is -2.51. The molecule has 3 fully saturated rings. The van der Waals surface area contributed by atoms with Crippen molar-refractivity contribution in [3.8, 4) is 0 Å². The van der Waals surface area contributed by atoms with Gasteiger partial charge in [0.1, 0.15) is 0 Å². The highest BCUT2D eigenvalue weighted by Crippen LogP contribution is 2.42. The molecule has 3 aliphatic heterocycles. The largest absolute Gasteiger partial charge is 0.387 e. The number of aromatic nitrogens is 1. The minimum Gasteiger partial charge on any atom is -0.387 e. The quantitative estimate of drug-likeness (QED) is 0.882. The van der Waals surface area contributed by atoms with Gasteiger partial charge < -0.3 is 5.11 Å². The van der Waals surface area contributed by atoms with Crippen molar-refractivity contribution in [3.05, 3.63) is 54.7 Å². The third kappa shape index (κ3) is 2.16. The second kappa shape index (κ2) is 5.49. The van der Waals surface area contributed by atoms with E-state index in [1.54, 1.807) is 0 Å². The first kappa shape index (κ1) is 13.9. The van der Waals surface area contributed by atoms with E-state index in [-0.39, 0.29) is 6.04 Å². The Morgan fingerprint density at radius 1 is 1.27 bits per heavy atom. The highest BCUT2D eigenvalue weighted by Gasteiger charge is 2.42. The first-order chi connectivity index (χ1) is 10.8. The van der Waals surface area contributed by atoms with Gasteiger partial charge in [-0.15, -0.1) is 6.58 Å². The molecule has 5 atom stereocenters. The third-order valence-corrected chi connectivity index (χ3v) is 5.44. The van der Waals surface area contributed by atoms with Crippen LogP contribution in [-0.2, 0) is 0 Å². The lowest BCUT2D eigenvalue weighted by Crippen LogP contribution is -2.55. The molecule has 3 nitrogen and oxygen atoms in total. The van der Waals surface area contributed by atoms with Gasteiger partial charge in [0.05, 0.1) is 11.6 Å². The van der Waals surface area contributed by atoms with E-state index in [0.717, 1.165) is 35.3 Å². The molecule has 0 saturated carbocycles. The number of rotatable bonds is 3. The van der Waals surface area contributed by atoms with Crippen LogP contribution < -0.4 is 0 Å². The monoisotopic (exact) mass is 294 g/mol. The van der Waals surface area contributed by atoms with Crippen LogP contribution in [0.3, 0.4) is 0 Å². The molecule has 3 unspecified atom stereocenters. The summed E-state index contributed by atoms with van der Waals surface area (Å²) in [5.41, 5.74) is 1.96. The van der Waals surface area contributed by atoms with Crippen LogP contribution in [0.2, 0.25) is 0 Å². The number of para-hydroxylation sites is 1. The maximum Gasteiger partial charge on any atom is 0.0952 e. The van der Waals surface area contributed by atoms with Crippen LogP contribution in [0.15, 0.2) is 49.2 Å². The topological polar surface area (TPSA) is 36.4 Å². The van der Waals surface area contributed by atoms with Crippen LogP contribution in [0.4, 0.5) is 0 Å². The second-order valence-electron chi connectivity index (χ2n) is 6.60. The van der Waals surface area contributed by atoms with Gasteiger partial charge in [0.2, 0.25) is 0 Å². The molecule has 0 aliphatic carbocycles. The zero-order valence-electron chi connectivity index (χ0n) is 12.7. The van der Waals surface area contributed by atoms with Gasteiger partial charge >= 0.3 is 0 Å². The number of hydrogen-bond acceptors (Lipinski definition) is 3. The summed E-state index contributed by atoms with van der Waals surface area (Å²) in [6.45, 7) is 5.06. The van der Waals surface area contributed by atoms with Crippen LogP contribution in [-0.4, -0.2) is 33.6 Å². The van der Waals surface area contributed by atoms with Gasteiger partial charge in [0.15, 0.2) is 0 Å². The van der Waals surface area contributed by atoms with Gasteiger partial charge in [-0.2, -0.15) is 0 Å². The Labute approximate surface area is 131 Å². The minimum atomic E-state index is -0.460. The molecule has 2 bridgehead atoms. The van der Waals surface area contributed by atoms with Crippen molar-refractivity contribution in [1.29, 1.82) is 0 Å². The lowest BCUT2D eigenvalue weighted by molar-refractivity contribution is -0.0473. The number of benzene rings is 1. The number of piperidine rings is 3.